The van der Waals surface area contributed by atoms with E-state index in [9.17, 15) is 13.2 Å². The molecule has 10 heteroatoms. The van der Waals surface area contributed by atoms with E-state index in [1.165, 1.54) is 6.07 Å². The normalized spacial score (nSPS) is 11.3. The number of rotatable bonds is 10. The van der Waals surface area contributed by atoms with Crippen LogP contribution in [-0.2, 0) is 20.4 Å². The van der Waals surface area contributed by atoms with Gasteiger partial charge in [0, 0.05) is 28.8 Å². The number of thioether (sulfide) groups is 1. The largest absolute Gasteiger partial charge is 0.376 e. The van der Waals surface area contributed by atoms with E-state index in [0.717, 1.165) is 22.6 Å². The molecule has 0 aliphatic heterocycles. The summed E-state index contributed by atoms with van der Waals surface area (Å²) in [5.74, 6) is 1.27. The predicted molar refractivity (Wildman–Crippen MR) is 147 cm³/mol. The molecule has 0 spiro atoms. The van der Waals surface area contributed by atoms with Gasteiger partial charge < -0.3 is 10.6 Å². The van der Waals surface area contributed by atoms with Gasteiger partial charge in [-0.15, -0.1) is 0 Å². The lowest BCUT2D eigenvalue weighted by molar-refractivity contribution is -0.119. The van der Waals surface area contributed by atoms with Crippen LogP contribution in [-0.4, -0.2) is 33.2 Å². The van der Waals surface area contributed by atoms with Crippen LogP contribution in [0.15, 0.2) is 64.4 Å². The van der Waals surface area contributed by atoms with E-state index < -0.39 is 9.84 Å². The molecule has 3 rings (SSSR count). The van der Waals surface area contributed by atoms with Crippen molar-refractivity contribution in [3.8, 4) is 0 Å². The quantitative estimate of drug-likeness (QED) is 0.270. The third-order valence-electron chi connectivity index (χ3n) is 5.21. The molecule has 3 aromatic rings. The molecule has 0 atom stereocenters. The smallest absolute Gasteiger partial charge is 0.239 e. The van der Waals surface area contributed by atoms with Gasteiger partial charge in [-0.05, 0) is 61.4 Å². The number of anilines is 1. The van der Waals surface area contributed by atoms with Crippen molar-refractivity contribution in [2.24, 2.45) is 0 Å². The van der Waals surface area contributed by atoms with Crippen LogP contribution in [0.3, 0.4) is 0 Å². The molecule has 0 radical (unpaired) electrons. The third-order valence-corrected chi connectivity index (χ3v) is 9.09. The van der Waals surface area contributed by atoms with Gasteiger partial charge in [0.05, 0.1) is 26.4 Å². The van der Waals surface area contributed by atoms with E-state index in [0.29, 0.717) is 27.8 Å². The minimum Gasteiger partial charge on any atom is -0.376 e. The molecule has 0 aliphatic rings. The van der Waals surface area contributed by atoms with Gasteiger partial charge in [-0.3, -0.25) is 4.79 Å². The molecule has 1 amide bonds. The topological polar surface area (TPSA) is 75.3 Å². The maximum absolute atomic E-state index is 13.2. The van der Waals surface area contributed by atoms with Crippen molar-refractivity contribution in [2.45, 2.75) is 29.4 Å². The van der Waals surface area contributed by atoms with Crippen molar-refractivity contribution < 1.29 is 13.2 Å². The van der Waals surface area contributed by atoms with Crippen LogP contribution in [0.25, 0.3) is 0 Å². The highest BCUT2D eigenvalue weighted by molar-refractivity contribution is 7.98. The zero-order valence-corrected chi connectivity index (χ0v) is 23.1. The van der Waals surface area contributed by atoms with Gasteiger partial charge in [0.25, 0.3) is 0 Å². The van der Waals surface area contributed by atoms with Gasteiger partial charge in [-0.1, -0.05) is 58.6 Å². The Bertz CT molecular complexity index is 1310. The molecule has 0 aromatic heterocycles. The monoisotopic (exact) mass is 570 g/mol. The highest BCUT2D eigenvalue weighted by atomic mass is 35.5. The average Bonchev–Trinajstić information content (AvgIpc) is 2.81. The van der Waals surface area contributed by atoms with Crippen molar-refractivity contribution in [2.75, 3.05) is 24.2 Å². The second-order valence-corrected chi connectivity index (χ2v) is 12.2. The Labute approximate surface area is 225 Å². The summed E-state index contributed by atoms with van der Waals surface area (Å²) < 4.78 is 26.3. The molecule has 186 valence electrons. The zero-order chi connectivity index (χ0) is 25.6. The van der Waals surface area contributed by atoms with Crippen molar-refractivity contribution in [3.05, 3.63) is 86.4 Å². The van der Waals surface area contributed by atoms with Gasteiger partial charge in [-0.2, -0.15) is 11.8 Å². The average molecular weight is 572 g/mol. The summed E-state index contributed by atoms with van der Waals surface area (Å²) in [6, 6.07) is 15.2. The van der Waals surface area contributed by atoms with Crippen molar-refractivity contribution in [1.29, 1.82) is 0 Å². The highest BCUT2D eigenvalue weighted by Gasteiger charge is 2.22. The molecule has 0 saturated carbocycles. The second-order valence-electron chi connectivity index (χ2n) is 7.90. The molecule has 0 bridgehead atoms. The first-order chi connectivity index (χ1) is 16.6. The molecule has 0 aliphatic carbocycles. The lowest BCUT2D eigenvalue weighted by Gasteiger charge is -2.15. The summed E-state index contributed by atoms with van der Waals surface area (Å²) in [4.78, 5) is 12.6. The van der Waals surface area contributed by atoms with Crippen molar-refractivity contribution >= 4 is 68.0 Å². The molecular formula is C25H25Cl3N2O3S2. The fourth-order valence-corrected chi connectivity index (χ4v) is 6.23. The number of aryl methyl sites for hydroxylation is 1. The van der Waals surface area contributed by atoms with Gasteiger partial charge in [-0.25, -0.2) is 8.42 Å². The molecule has 2 N–H and O–H groups in total. The van der Waals surface area contributed by atoms with E-state index in [1.54, 1.807) is 55.1 Å². The van der Waals surface area contributed by atoms with Crippen LogP contribution in [0.2, 0.25) is 15.1 Å². The van der Waals surface area contributed by atoms with Gasteiger partial charge in [0.2, 0.25) is 15.7 Å². The van der Waals surface area contributed by atoms with Gasteiger partial charge in [0.15, 0.2) is 0 Å². The minimum absolute atomic E-state index is 0.0112. The van der Waals surface area contributed by atoms with E-state index >= 15 is 0 Å². The summed E-state index contributed by atoms with van der Waals surface area (Å²) in [6.45, 7) is 4.07. The van der Waals surface area contributed by atoms with E-state index in [2.05, 4.69) is 10.6 Å². The Morgan fingerprint density at radius 3 is 2.34 bits per heavy atom. The van der Waals surface area contributed by atoms with Crippen LogP contribution in [0.1, 0.15) is 16.7 Å². The van der Waals surface area contributed by atoms with Gasteiger partial charge >= 0.3 is 0 Å². The maximum Gasteiger partial charge on any atom is 0.239 e. The predicted octanol–water partition coefficient (Wildman–Crippen LogP) is 6.56. The first-order valence-corrected chi connectivity index (χ1v) is 14.5. The Morgan fingerprint density at radius 1 is 0.943 bits per heavy atom. The number of hydrogen-bond acceptors (Lipinski definition) is 5. The fourth-order valence-electron chi connectivity index (χ4n) is 3.28. The van der Waals surface area contributed by atoms with Crippen molar-refractivity contribution in [3.63, 3.8) is 0 Å². The Kier molecular flexibility index (Phi) is 9.78. The van der Waals surface area contributed by atoms with Crippen LogP contribution in [0.5, 0.6) is 0 Å². The number of carbonyl (C=O) groups excluding carboxylic acids is 1. The minimum atomic E-state index is -3.76. The van der Waals surface area contributed by atoms with E-state index in [4.69, 9.17) is 34.8 Å². The Hall–Kier alpha value is -1.90. The molecule has 0 unspecified atom stereocenters. The molecular weight excluding hydrogens is 547 g/mol. The van der Waals surface area contributed by atoms with Crippen LogP contribution < -0.4 is 10.6 Å². The number of sulfone groups is 1. The first-order valence-electron chi connectivity index (χ1n) is 10.7. The van der Waals surface area contributed by atoms with E-state index in [1.807, 2.05) is 19.1 Å². The first kappa shape index (κ1) is 27.7. The SMILES string of the molecule is Cc1ccc(S(=O)(=O)c2cc(Cl)cc(NCC(=O)NCCSCc3ccc(Cl)c(Cl)c3)c2C)cc1. The summed E-state index contributed by atoms with van der Waals surface area (Å²) in [5.41, 5.74) is 3.02. The fraction of sp³-hybridized carbons (Fsp3) is 0.240. The molecule has 5 nitrogen and oxygen atoms in total. The summed E-state index contributed by atoms with van der Waals surface area (Å²) >= 11 is 19.8. The molecule has 0 saturated heterocycles. The maximum atomic E-state index is 13.2. The number of amides is 1. The number of carbonyl (C=O) groups is 1. The van der Waals surface area contributed by atoms with Gasteiger partial charge in [0.1, 0.15) is 0 Å². The summed E-state index contributed by atoms with van der Waals surface area (Å²) in [7, 11) is -3.76. The highest BCUT2D eigenvalue weighted by Crippen LogP contribution is 2.32. The summed E-state index contributed by atoms with van der Waals surface area (Å²) in [5, 5.41) is 7.17. The van der Waals surface area contributed by atoms with E-state index in [-0.39, 0.29) is 27.3 Å². The molecule has 3 aromatic carbocycles. The standard InChI is InChI=1S/C25H25Cl3N2O3S2/c1-16-3-6-20(7-4-16)35(32,33)24-13-19(26)12-23(17(24)2)30-14-25(31)29-9-10-34-15-18-5-8-21(27)22(28)11-18/h3-8,11-13,30H,9-10,14-15H2,1-2H3,(H,29,31). The molecule has 0 fully saturated rings. The number of nitrogens with one attached hydrogen (secondary N) is 2. The van der Waals surface area contributed by atoms with Crippen LogP contribution in [0, 0.1) is 13.8 Å². The Morgan fingerprint density at radius 2 is 1.66 bits per heavy atom. The lowest BCUT2D eigenvalue weighted by Crippen LogP contribution is -2.31. The number of halogens is 3. The lowest BCUT2D eigenvalue weighted by atomic mass is 10.2. The molecule has 35 heavy (non-hydrogen) atoms. The zero-order valence-electron chi connectivity index (χ0n) is 19.2. The molecule has 0 heterocycles. The number of benzene rings is 3. The van der Waals surface area contributed by atoms with Crippen LogP contribution >= 0.6 is 46.6 Å². The Balaban J connectivity index is 1.54. The summed E-state index contributed by atoms with van der Waals surface area (Å²) in [6.07, 6.45) is 0. The second kappa shape index (κ2) is 12.4. The van der Waals surface area contributed by atoms with Crippen molar-refractivity contribution in [1.82, 2.24) is 5.32 Å². The van der Waals surface area contributed by atoms with Crippen LogP contribution in [0.4, 0.5) is 5.69 Å². The number of hydrogen-bond donors (Lipinski definition) is 2. The third kappa shape index (κ3) is 7.54.